The Hall–Kier alpha value is -2.31. The van der Waals surface area contributed by atoms with Gasteiger partial charge in [0, 0.05) is 6.42 Å². The van der Waals surface area contributed by atoms with Crippen molar-refractivity contribution in [2.24, 2.45) is 0 Å². The molecule has 14 heteroatoms. The van der Waals surface area contributed by atoms with Crippen LogP contribution in [0.5, 0.6) is 0 Å². The van der Waals surface area contributed by atoms with E-state index in [9.17, 15) is 45.6 Å². The highest BCUT2D eigenvalue weighted by Crippen LogP contribution is 2.30. The first-order valence-electron chi connectivity index (χ1n) is 29.5. The highest BCUT2D eigenvalue weighted by molar-refractivity contribution is 5.76. The van der Waals surface area contributed by atoms with Crippen molar-refractivity contribution in [2.45, 2.75) is 293 Å². The van der Waals surface area contributed by atoms with Gasteiger partial charge in [-0.1, -0.05) is 216 Å². The molecule has 14 nitrogen and oxygen atoms in total. The monoisotopic (exact) mass is 1050 g/mol. The summed E-state index contributed by atoms with van der Waals surface area (Å²) in [4.78, 5) is 13.1. The molecule has 74 heavy (non-hydrogen) atoms. The Morgan fingerprint density at radius 3 is 1.43 bits per heavy atom. The maximum Gasteiger partial charge on any atom is 0.220 e. The van der Waals surface area contributed by atoms with Crippen molar-refractivity contribution >= 4 is 5.91 Å². The Morgan fingerprint density at radius 2 is 0.932 bits per heavy atom. The normalized spacial score (nSPS) is 25.6. The molecule has 0 bridgehead atoms. The number of hydrogen-bond acceptors (Lipinski definition) is 13. The molecule has 12 atom stereocenters. The van der Waals surface area contributed by atoms with Gasteiger partial charge >= 0.3 is 0 Å². The zero-order valence-electron chi connectivity index (χ0n) is 46.1. The van der Waals surface area contributed by atoms with Crippen LogP contribution in [0, 0.1) is 0 Å². The number of aliphatic hydroxyl groups excluding tert-OH is 8. The Morgan fingerprint density at radius 1 is 0.500 bits per heavy atom. The minimum absolute atomic E-state index is 0.246. The second-order valence-electron chi connectivity index (χ2n) is 20.7. The van der Waals surface area contributed by atoms with Crippen LogP contribution in [0.2, 0.25) is 0 Å². The Labute approximate surface area is 447 Å². The maximum absolute atomic E-state index is 13.1. The number of hydrogen-bond donors (Lipinski definition) is 9. The molecular formula is C60H107NO13. The number of nitrogens with one attached hydrogen (secondary N) is 1. The van der Waals surface area contributed by atoms with E-state index in [4.69, 9.17) is 18.9 Å². The lowest BCUT2D eigenvalue weighted by molar-refractivity contribution is -0.359. The summed E-state index contributed by atoms with van der Waals surface area (Å²) in [5, 5.41) is 86.3. The van der Waals surface area contributed by atoms with Crippen molar-refractivity contribution in [1.29, 1.82) is 0 Å². The lowest BCUT2D eigenvalue weighted by Gasteiger charge is -2.46. The molecule has 0 aromatic heterocycles. The fourth-order valence-electron chi connectivity index (χ4n) is 9.46. The van der Waals surface area contributed by atoms with Crippen molar-refractivity contribution in [3.63, 3.8) is 0 Å². The van der Waals surface area contributed by atoms with Gasteiger partial charge in [0.25, 0.3) is 0 Å². The molecule has 0 spiro atoms. The second kappa shape index (κ2) is 45.7. The SMILES string of the molecule is CC/C=C\C/C=C\C/C=C\C/C=C\CCCCCCCCCCCCCCCCCCCCCCCCC(=O)NC(COC1OC(CO)C(OC2OC(CO)C(O)C(O)C2O)C(O)C1O)C(O)/C=C/CCCCC. The third kappa shape index (κ3) is 31.2. The van der Waals surface area contributed by atoms with E-state index >= 15 is 0 Å². The van der Waals surface area contributed by atoms with E-state index in [0.717, 1.165) is 70.6 Å². The van der Waals surface area contributed by atoms with Crippen LogP contribution < -0.4 is 5.32 Å². The van der Waals surface area contributed by atoms with Crippen molar-refractivity contribution in [1.82, 2.24) is 5.32 Å². The van der Waals surface area contributed by atoms with Gasteiger partial charge in [-0.05, 0) is 57.8 Å². The van der Waals surface area contributed by atoms with Crippen molar-refractivity contribution in [2.75, 3.05) is 19.8 Å². The smallest absolute Gasteiger partial charge is 0.220 e. The van der Waals surface area contributed by atoms with E-state index in [1.54, 1.807) is 6.08 Å². The molecule has 0 aromatic carbocycles. The number of amides is 1. The molecule has 2 heterocycles. The Bertz CT molecular complexity index is 1470. The maximum atomic E-state index is 13.1. The van der Waals surface area contributed by atoms with Gasteiger partial charge in [-0.15, -0.1) is 0 Å². The van der Waals surface area contributed by atoms with E-state index in [1.807, 2.05) is 6.08 Å². The number of aliphatic hydroxyl groups is 8. The first-order valence-corrected chi connectivity index (χ1v) is 29.5. The van der Waals surface area contributed by atoms with Gasteiger partial charge in [0.1, 0.15) is 48.8 Å². The topological polar surface area (TPSA) is 228 Å². The van der Waals surface area contributed by atoms with Crippen LogP contribution in [0.4, 0.5) is 0 Å². The molecule has 1 amide bonds. The predicted molar refractivity (Wildman–Crippen MR) is 295 cm³/mol. The van der Waals surface area contributed by atoms with Crippen molar-refractivity contribution in [3.8, 4) is 0 Å². The summed E-state index contributed by atoms with van der Waals surface area (Å²) in [5.41, 5.74) is 0. The lowest BCUT2D eigenvalue weighted by atomic mass is 9.97. The molecule has 0 aliphatic carbocycles. The van der Waals surface area contributed by atoms with E-state index < -0.39 is 86.8 Å². The third-order valence-electron chi connectivity index (χ3n) is 14.2. The second-order valence-corrected chi connectivity index (χ2v) is 20.7. The molecule has 2 aliphatic heterocycles. The third-order valence-corrected chi connectivity index (χ3v) is 14.2. The van der Waals surface area contributed by atoms with E-state index in [1.165, 1.54) is 122 Å². The number of carbonyl (C=O) groups is 1. The molecule has 2 fully saturated rings. The van der Waals surface area contributed by atoms with Gasteiger partial charge in [-0.25, -0.2) is 0 Å². The van der Waals surface area contributed by atoms with Gasteiger partial charge in [0.2, 0.25) is 5.91 Å². The standard InChI is InChI=1S/C60H107NO13/c1-3-5-7-9-10-11-12-13-14-15-16-17-18-19-20-21-22-23-24-25-26-27-28-29-30-31-32-33-34-35-36-37-38-40-42-44-52(65)61-48(49(64)43-41-39-8-6-4-2)47-71-59-57(70)55(68)58(51(46-63)73-59)74-60-56(69)54(67)53(66)50(45-62)72-60/h5,7,10-11,13-14,16-17,41,43,48-51,53-60,62-64,66-70H,3-4,6,8-9,12,15,18-40,42,44-47H2,1-2H3,(H,61,65)/b7-5-,11-10-,14-13-,17-16-,43-41+. The van der Waals surface area contributed by atoms with E-state index in [0.29, 0.717) is 6.42 Å². The van der Waals surface area contributed by atoms with Crippen LogP contribution in [-0.4, -0.2) is 140 Å². The predicted octanol–water partition coefficient (Wildman–Crippen LogP) is 9.78. The summed E-state index contributed by atoms with van der Waals surface area (Å²) in [6.07, 6.45) is 42.2. The fourth-order valence-corrected chi connectivity index (χ4v) is 9.46. The van der Waals surface area contributed by atoms with Gasteiger partial charge in [0.05, 0.1) is 32.0 Å². The highest BCUT2D eigenvalue weighted by atomic mass is 16.7. The van der Waals surface area contributed by atoms with Crippen LogP contribution in [0.25, 0.3) is 0 Å². The van der Waals surface area contributed by atoms with Gasteiger partial charge in [-0.3, -0.25) is 4.79 Å². The molecule has 0 aromatic rings. The van der Waals surface area contributed by atoms with Crippen LogP contribution in [0.1, 0.15) is 219 Å². The summed E-state index contributed by atoms with van der Waals surface area (Å²) in [7, 11) is 0. The Balaban J connectivity index is 1.51. The number of rotatable bonds is 46. The highest BCUT2D eigenvalue weighted by Gasteiger charge is 2.51. The molecular weight excluding hydrogens is 943 g/mol. The Kier molecular flexibility index (Phi) is 41.9. The summed E-state index contributed by atoms with van der Waals surface area (Å²) in [5.74, 6) is -0.246. The van der Waals surface area contributed by atoms with Gasteiger partial charge in [-0.2, -0.15) is 0 Å². The van der Waals surface area contributed by atoms with Crippen LogP contribution in [-0.2, 0) is 23.7 Å². The quantitative estimate of drug-likeness (QED) is 0.0205. The fraction of sp³-hybridized carbons (Fsp3) is 0.817. The first kappa shape index (κ1) is 67.8. The van der Waals surface area contributed by atoms with E-state index in [2.05, 4.69) is 67.8 Å². The molecule has 2 aliphatic rings. The lowest BCUT2D eigenvalue weighted by Crippen LogP contribution is -2.65. The van der Waals surface area contributed by atoms with Crippen LogP contribution >= 0.6 is 0 Å². The number of unbranched alkanes of at least 4 members (excludes halogenated alkanes) is 25. The molecule has 430 valence electrons. The number of allylic oxidation sites excluding steroid dienone is 9. The van der Waals surface area contributed by atoms with Gasteiger partial charge in [0.15, 0.2) is 12.6 Å². The molecule has 2 rings (SSSR count). The van der Waals surface area contributed by atoms with Crippen molar-refractivity contribution in [3.05, 3.63) is 60.8 Å². The summed E-state index contributed by atoms with van der Waals surface area (Å²) < 4.78 is 22.6. The largest absolute Gasteiger partial charge is 0.394 e. The molecule has 0 saturated carbocycles. The zero-order chi connectivity index (χ0) is 53.9. The minimum atomic E-state index is -1.79. The molecule has 0 radical (unpaired) electrons. The summed E-state index contributed by atoms with van der Waals surface area (Å²) in [6, 6.07) is -0.910. The van der Waals surface area contributed by atoms with Crippen LogP contribution in [0.15, 0.2) is 60.8 Å². The first-order chi connectivity index (χ1) is 36.1. The molecule has 12 unspecified atom stereocenters. The molecule has 9 N–H and O–H groups in total. The average Bonchev–Trinajstić information content (AvgIpc) is 3.40. The number of carbonyl (C=O) groups excluding carboxylic acids is 1. The zero-order valence-corrected chi connectivity index (χ0v) is 46.1. The summed E-state index contributed by atoms with van der Waals surface area (Å²) in [6.45, 7) is 2.55. The van der Waals surface area contributed by atoms with E-state index in [-0.39, 0.29) is 18.9 Å². The summed E-state index contributed by atoms with van der Waals surface area (Å²) >= 11 is 0. The minimum Gasteiger partial charge on any atom is -0.394 e. The number of ether oxygens (including phenoxy) is 4. The van der Waals surface area contributed by atoms with Crippen LogP contribution in [0.3, 0.4) is 0 Å². The van der Waals surface area contributed by atoms with Gasteiger partial charge < -0.3 is 65.1 Å². The van der Waals surface area contributed by atoms with Crippen molar-refractivity contribution < 1.29 is 64.6 Å². The average molecular weight is 1050 g/mol. The molecule has 2 saturated heterocycles.